The van der Waals surface area contributed by atoms with E-state index in [4.69, 9.17) is 4.74 Å². The molecule has 0 aliphatic rings. The molecule has 0 spiro atoms. The summed E-state index contributed by atoms with van der Waals surface area (Å²) >= 11 is 0. The summed E-state index contributed by atoms with van der Waals surface area (Å²) in [7, 11) is -2.03. The molecule has 6 nitrogen and oxygen atoms in total. The fraction of sp³-hybridized carbons (Fsp3) is 0.176. The van der Waals surface area contributed by atoms with E-state index in [0.29, 0.717) is 11.3 Å². The van der Waals surface area contributed by atoms with Crippen molar-refractivity contribution in [3.8, 4) is 5.75 Å². The Kier molecular flexibility index (Phi) is 5.70. The van der Waals surface area contributed by atoms with Gasteiger partial charge in [-0.15, -0.1) is 0 Å². The van der Waals surface area contributed by atoms with Gasteiger partial charge >= 0.3 is 0 Å². The van der Waals surface area contributed by atoms with Gasteiger partial charge in [0.25, 0.3) is 0 Å². The highest BCUT2D eigenvalue weighted by atomic mass is 32.2. The zero-order chi connectivity index (χ0) is 17.6. The number of nitro groups is 1. The summed E-state index contributed by atoms with van der Waals surface area (Å²) in [5.41, 5.74) is 0.458. The fourth-order valence-corrected chi connectivity index (χ4v) is 3.38. The first-order valence-electron chi connectivity index (χ1n) is 7.19. The molecule has 0 N–H and O–H groups in total. The maximum Gasteiger partial charge on any atom is 0.247 e. The largest absolute Gasteiger partial charge is 0.497 e. The molecular weight excluding hydrogens is 330 g/mol. The van der Waals surface area contributed by atoms with Crippen LogP contribution in [0, 0.1) is 10.1 Å². The number of benzene rings is 2. The molecule has 24 heavy (non-hydrogen) atoms. The summed E-state index contributed by atoms with van der Waals surface area (Å²) in [6, 6.07) is 14.6. The van der Waals surface area contributed by atoms with Crippen molar-refractivity contribution in [3.05, 3.63) is 76.0 Å². The van der Waals surface area contributed by atoms with Gasteiger partial charge in [-0.05, 0) is 29.8 Å². The van der Waals surface area contributed by atoms with Crippen molar-refractivity contribution < 1.29 is 18.1 Å². The highest BCUT2D eigenvalue weighted by Crippen LogP contribution is 2.18. The van der Waals surface area contributed by atoms with Crippen LogP contribution in [0.2, 0.25) is 0 Å². The van der Waals surface area contributed by atoms with Crippen LogP contribution in [-0.2, 0) is 9.84 Å². The first-order chi connectivity index (χ1) is 11.4. The van der Waals surface area contributed by atoms with E-state index in [2.05, 4.69) is 0 Å². The van der Waals surface area contributed by atoms with Crippen molar-refractivity contribution in [1.29, 1.82) is 0 Å². The minimum Gasteiger partial charge on any atom is -0.497 e. The monoisotopic (exact) mass is 347 g/mol. The SMILES string of the molecule is COc1ccc(/C=C(/CCS(=O)(=O)c2ccccc2)[N+](=O)[O-])cc1. The van der Waals surface area contributed by atoms with Crippen molar-refractivity contribution in [2.45, 2.75) is 11.3 Å². The lowest BCUT2D eigenvalue weighted by atomic mass is 10.1. The van der Waals surface area contributed by atoms with E-state index in [9.17, 15) is 18.5 Å². The summed E-state index contributed by atoms with van der Waals surface area (Å²) in [6.07, 6.45) is 1.20. The molecule has 0 aliphatic carbocycles. The lowest BCUT2D eigenvalue weighted by Crippen LogP contribution is -2.10. The molecule has 0 saturated carbocycles. The molecule has 0 unspecified atom stereocenters. The second kappa shape index (κ2) is 7.74. The zero-order valence-electron chi connectivity index (χ0n) is 13.1. The predicted molar refractivity (Wildman–Crippen MR) is 91.1 cm³/mol. The Morgan fingerprint density at radius 3 is 2.29 bits per heavy atom. The van der Waals surface area contributed by atoms with Crippen LogP contribution in [0.1, 0.15) is 12.0 Å². The van der Waals surface area contributed by atoms with Crippen LogP contribution >= 0.6 is 0 Å². The second-order valence-corrected chi connectivity index (χ2v) is 7.16. The van der Waals surface area contributed by atoms with E-state index in [1.807, 2.05) is 0 Å². The highest BCUT2D eigenvalue weighted by Gasteiger charge is 2.19. The number of methoxy groups -OCH3 is 1. The van der Waals surface area contributed by atoms with Gasteiger partial charge in [-0.1, -0.05) is 30.3 Å². The highest BCUT2D eigenvalue weighted by molar-refractivity contribution is 7.91. The molecule has 2 aromatic carbocycles. The summed E-state index contributed by atoms with van der Waals surface area (Å²) in [5.74, 6) is 0.321. The van der Waals surface area contributed by atoms with Crippen LogP contribution in [-0.4, -0.2) is 26.2 Å². The van der Waals surface area contributed by atoms with Crippen LogP contribution in [0.15, 0.2) is 65.2 Å². The number of rotatable bonds is 7. The van der Waals surface area contributed by atoms with Crippen LogP contribution in [0.25, 0.3) is 6.08 Å². The number of ether oxygens (including phenoxy) is 1. The van der Waals surface area contributed by atoms with E-state index in [1.165, 1.54) is 25.3 Å². The minimum absolute atomic E-state index is 0.153. The van der Waals surface area contributed by atoms with Crippen molar-refractivity contribution in [2.24, 2.45) is 0 Å². The molecule has 0 bridgehead atoms. The van der Waals surface area contributed by atoms with Crippen molar-refractivity contribution in [3.63, 3.8) is 0 Å². The Bertz CT molecular complexity index is 827. The molecule has 0 aliphatic heterocycles. The summed E-state index contributed by atoms with van der Waals surface area (Å²) in [5, 5.41) is 11.2. The first kappa shape index (κ1) is 17.7. The standard InChI is InChI=1S/C17H17NO5S/c1-23-16-9-7-14(8-10-16)13-15(18(19)20)11-12-24(21,22)17-5-3-2-4-6-17/h2-10,13H,11-12H2,1H3/b15-13-. The Hall–Kier alpha value is -2.67. The van der Waals surface area contributed by atoms with E-state index >= 15 is 0 Å². The van der Waals surface area contributed by atoms with E-state index < -0.39 is 14.8 Å². The molecule has 2 aromatic rings. The van der Waals surface area contributed by atoms with E-state index in [-0.39, 0.29) is 22.8 Å². The molecule has 7 heteroatoms. The number of allylic oxidation sites excluding steroid dienone is 1. The van der Waals surface area contributed by atoms with Gasteiger partial charge in [0.2, 0.25) is 5.70 Å². The quantitative estimate of drug-likeness (QED) is 0.567. The number of nitrogens with zero attached hydrogens (tertiary/aromatic N) is 1. The minimum atomic E-state index is -3.56. The number of sulfone groups is 1. The van der Waals surface area contributed by atoms with Crippen LogP contribution in [0.4, 0.5) is 0 Å². The second-order valence-electron chi connectivity index (χ2n) is 5.05. The summed E-state index contributed by atoms with van der Waals surface area (Å²) in [6.45, 7) is 0. The average molecular weight is 347 g/mol. The van der Waals surface area contributed by atoms with Crippen LogP contribution in [0.3, 0.4) is 0 Å². The van der Waals surface area contributed by atoms with Gasteiger partial charge in [-0.3, -0.25) is 10.1 Å². The third kappa shape index (κ3) is 4.66. The van der Waals surface area contributed by atoms with E-state index in [1.54, 1.807) is 42.5 Å². The van der Waals surface area contributed by atoms with Crippen LogP contribution in [0.5, 0.6) is 5.75 Å². The molecular formula is C17H17NO5S. The molecule has 0 radical (unpaired) electrons. The van der Waals surface area contributed by atoms with Gasteiger partial charge in [0.05, 0.1) is 29.1 Å². The lowest BCUT2D eigenvalue weighted by molar-refractivity contribution is -0.425. The van der Waals surface area contributed by atoms with Gasteiger partial charge in [-0.25, -0.2) is 8.42 Å². The molecule has 0 atom stereocenters. The third-order valence-electron chi connectivity index (χ3n) is 3.41. The van der Waals surface area contributed by atoms with Gasteiger partial charge in [0.15, 0.2) is 9.84 Å². The first-order valence-corrected chi connectivity index (χ1v) is 8.84. The Balaban J connectivity index is 2.17. The van der Waals surface area contributed by atoms with Gasteiger partial charge in [-0.2, -0.15) is 0 Å². The zero-order valence-corrected chi connectivity index (χ0v) is 13.9. The smallest absolute Gasteiger partial charge is 0.247 e. The molecule has 0 heterocycles. The normalized spacial score (nSPS) is 12.0. The Morgan fingerprint density at radius 1 is 1.12 bits per heavy atom. The van der Waals surface area contributed by atoms with Gasteiger partial charge in [0.1, 0.15) is 5.75 Å². The lowest BCUT2D eigenvalue weighted by Gasteiger charge is -2.04. The summed E-state index contributed by atoms with van der Waals surface area (Å²) in [4.78, 5) is 10.8. The van der Waals surface area contributed by atoms with Gasteiger partial charge in [0, 0.05) is 6.08 Å². The number of hydrogen-bond donors (Lipinski definition) is 0. The average Bonchev–Trinajstić information content (AvgIpc) is 2.59. The van der Waals surface area contributed by atoms with Crippen LogP contribution < -0.4 is 4.74 Å². The maximum absolute atomic E-state index is 12.2. The van der Waals surface area contributed by atoms with Crippen molar-refractivity contribution in [1.82, 2.24) is 0 Å². The predicted octanol–water partition coefficient (Wildman–Crippen LogP) is 3.18. The molecule has 126 valence electrons. The molecule has 0 saturated heterocycles. The topological polar surface area (TPSA) is 86.5 Å². The molecule has 2 rings (SSSR count). The molecule has 0 aromatic heterocycles. The number of hydrogen-bond acceptors (Lipinski definition) is 5. The Morgan fingerprint density at radius 2 is 1.75 bits per heavy atom. The van der Waals surface area contributed by atoms with E-state index in [0.717, 1.165) is 0 Å². The van der Waals surface area contributed by atoms with Gasteiger partial charge < -0.3 is 4.74 Å². The Labute approximate surface area is 140 Å². The van der Waals surface area contributed by atoms with Crippen molar-refractivity contribution in [2.75, 3.05) is 12.9 Å². The third-order valence-corrected chi connectivity index (χ3v) is 5.14. The molecule has 0 amide bonds. The van der Waals surface area contributed by atoms with Crippen molar-refractivity contribution >= 4 is 15.9 Å². The maximum atomic E-state index is 12.2. The fourth-order valence-electron chi connectivity index (χ4n) is 2.09. The molecule has 0 fully saturated rings. The summed E-state index contributed by atoms with van der Waals surface area (Å²) < 4.78 is 29.5.